The zero-order valence-corrected chi connectivity index (χ0v) is 11.8. The van der Waals surface area contributed by atoms with Crippen LogP contribution in [0, 0.1) is 29.1 Å². The first kappa shape index (κ1) is 13.8. The highest BCUT2D eigenvalue weighted by molar-refractivity contribution is 4.97. The van der Waals surface area contributed by atoms with Crippen LogP contribution in [0.25, 0.3) is 0 Å². The summed E-state index contributed by atoms with van der Waals surface area (Å²) in [6.45, 7) is 5.54. The van der Waals surface area contributed by atoms with Crippen molar-refractivity contribution in [3.63, 3.8) is 0 Å². The van der Waals surface area contributed by atoms with E-state index in [-0.39, 0.29) is 5.92 Å². The van der Waals surface area contributed by atoms with Crippen molar-refractivity contribution in [3.8, 4) is 6.07 Å². The molecule has 3 unspecified atom stereocenters. The first-order valence-corrected chi connectivity index (χ1v) is 7.37. The molecule has 2 rings (SSSR count). The lowest BCUT2D eigenvalue weighted by atomic mass is 9.78. The van der Waals surface area contributed by atoms with Crippen molar-refractivity contribution < 1.29 is 4.74 Å². The normalized spacial score (nSPS) is 35.3. The smallest absolute Gasteiger partial charge is 0.0672 e. The highest BCUT2D eigenvalue weighted by Gasteiger charge is 2.34. The lowest BCUT2D eigenvalue weighted by molar-refractivity contribution is 0.0475. The third kappa shape index (κ3) is 3.24. The second-order valence-electron chi connectivity index (χ2n) is 6.16. The van der Waals surface area contributed by atoms with Gasteiger partial charge >= 0.3 is 0 Å². The predicted molar refractivity (Wildman–Crippen MR) is 72.1 cm³/mol. The Balaban J connectivity index is 1.89. The highest BCUT2D eigenvalue weighted by Crippen LogP contribution is 2.33. The van der Waals surface area contributed by atoms with Crippen LogP contribution < -0.4 is 0 Å². The lowest BCUT2D eigenvalue weighted by Crippen LogP contribution is -2.47. The summed E-state index contributed by atoms with van der Waals surface area (Å²) in [6.07, 6.45) is 6.01. The van der Waals surface area contributed by atoms with Gasteiger partial charge in [0.1, 0.15) is 0 Å². The van der Waals surface area contributed by atoms with Crippen molar-refractivity contribution in [2.75, 3.05) is 26.8 Å². The molecule has 0 bridgehead atoms. The maximum atomic E-state index is 9.32. The summed E-state index contributed by atoms with van der Waals surface area (Å²) in [4.78, 5) is 2.58. The molecule has 0 spiro atoms. The Bertz CT molecular complexity index is 291. The zero-order valence-electron chi connectivity index (χ0n) is 11.8. The van der Waals surface area contributed by atoms with Crippen LogP contribution in [0.2, 0.25) is 0 Å². The van der Waals surface area contributed by atoms with Crippen LogP contribution in [0.15, 0.2) is 0 Å². The monoisotopic (exact) mass is 250 g/mol. The molecule has 3 atom stereocenters. The molecule has 0 aromatic carbocycles. The van der Waals surface area contributed by atoms with Crippen molar-refractivity contribution in [3.05, 3.63) is 0 Å². The molecule has 1 aliphatic heterocycles. The Morgan fingerprint density at radius 2 is 1.94 bits per heavy atom. The van der Waals surface area contributed by atoms with Gasteiger partial charge in [-0.2, -0.15) is 5.26 Å². The van der Waals surface area contributed by atoms with Gasteiger partial charge in [-0.3, -0.25) is 4.90 Å². The molecule has 1 heterocycles. The van der Waals surface area contributed by atoms with Crippen LogP contribution in [-0.4, -0.2) is 37.7 Å². The summed E-state index contributed by atoms with van der Waals surface area (Å²) >= 11 is 0. The minimum atomic E-state index is 0.264. The Morgan fingerprint density at radius 3 is 2.56 bits per heavy atom. The topological polar surface area (TPSA) is 36.3 Å². The molecule has 102 valence electrons. The maximum absolute atomic E-state index is 9.32. The summed E-state index contributed by atoms with van der Waals surface area (Å²) < 4.78 is 5.25. The van der Waals surface area contributed by atoms with E-state index in [9.17, 15) is 5.26 Å². The molecule has 0 aromatic heterocycles. The number of hydrogen-bond donors (Lipinski definition) is 0. The van der Waals surface area contributed by atoms with E-state index in [0.717, 1.165) is 38.0 Å². The van der Waals surface area contributed by atoms with E-state index in [1.165, 1.54) is 25.7 Å². The fraction of sp³-hybridized carbons (Fsp3) is 0.933. The van der Waals surface area contributed by atoms with Crippen LogP contribution >= 0.6 is 0 Å². The van der Waals surface area contributed by atoms with Gasteiger partial charge in [-0.1, -0.05) is 6.92 Å². The molecule has 1 saturated carbocycles. The van der Waals surface area contributed by atoms with Crippen molar-refractivity contribution in [1.82, 2.24) is 4.90 Å². The quantitative estimate of drug-likeness (QED) is 0.772. The van der Waals surface area contributed by atoms with E-state index in [1.807, 2.05) is 0 Å². The number of nitrogens with zero attached hydrogens (tertiary/aromatic N) is 2. The first-order valence-electron chi connectivity index (χ1n) is 7.37. The third-order valence-electron chi connectivity index (χ3n) is 4.77. The number of rotatable bonds is 3. The fourth-order valence-corrected chi connectivity index (χ4v) is 3.59. The first-order chi connectivity index (χ1) is 8.74. The minimum Gasteiger partial charge on any atom is -0.384 e. The predicted octanol–water partition coefficient (Wildman–Crippen LogP) is 2.67. The zero-order chi connectivity index (χ0) is 13.0. The van der Waals surface area contributed by atoms with Gasteiger partial charge in [-0.05, 0) is 57.0 Å². The van der Waals surface area contributed by atoms with Crippen LogP contribution in [-0.2, 0) is 4.74 Å². The lowest BCUT2D eigenvalue weighted by Gasteiger charge is -2.42. The molecule has 18 heavy (non-hydrogen) atoms. The van der Waals surface area contributed by atoms with Crippen LogP contribution in [0.1, 0.15) is 39.0 Å². The number of methoxy groups -OCH3 is 1. The maximum Gasteiger partial charge on any atom is 0.0672 e. The summed E-state index contributed by atoms with van der Waals surface area (Å²) in [6, 6.07) is 3.06. The summed E-state index contributed by atoms with van der Waals surface area (Å²) in [7, 11) is 1.79. The second kappa shape index (κ2) is 6.54. The van der Waals surface area contributed by atoms with Crippen molar-refractivity contribution in [2.45, 2.75) is 45.1 Å². The standard InChI is InChI=1S/C15H26N2O/c1-12-3-4-14(10-16)15(9-12)17-7-5-13(6-8-17)11-18-2/h12-15H,3-9,11H2,1-2H3. The van der Waals surface area contributed by atoms with E-state index in [2.05, 4.69) is 17.9 Å². The van der Waals surface area contributed by atoms with Gasteiger partial charge in [-0.15, -0.1) is 0 Å². The van der Waals surface area contributed by atoms with Crippen molar-refractivity contribution in [1.29, 1.82) is 5.26 Å². The van der Waals surface area contributed by atoms with E-state index in [4.69, 9.17) is 4.74 Å². The molecular formula is C15H26N2O. The Labute approximate surface area is 111 Å². The molecular weight excluding hydrogens is 224 g/mol. The molecule has 2 fully saturated rings. The third-order valence-corrected chi connectivity index (χ3v) is 4.77. The van der Waals surface area contributed by atoms with Gasteiger partial charge in [0.05, 0.1) is 12.0 Å². The Morgan fingerprint density at radius 1 is 1.22 bits per heavy atom. The van der Waals surface area contributed by atoms with Gasteiger partial charge in [0.15, 0.2) is 0 Å². The average Bonchev–Trinajstić information content (AvgIpc) is 2.40. The Hall–Kier alpha value is -0.590. The molecule has 0 aromatic rings. The van der Waals surface area contributed by atoms with E-state index >= 15 is 0 Å². The van der Waals surface area contributed by atoms with Gasteiger partial charge in [0.2, 0.25) is 0 Å². The fourth-order valence-electron chi connectivity index (χ4n) is 3.59. The molecule has 0 radical (unpaired) electrons. The number of nitriles is 1. The van der Waals surface area contributed by atoms with Crippen LogP contribution in [0.5, 0.6) is 0 Å². The SMILES string of the molecule is COCC1CCN(C2CC(C)CCC2C#N)CC1. The molecule has 3 heteroatoms. The van der Waals surface area contributed by atoms with E-state index in [0.29, 0.717) is 6.04 Å². The Kier molecular flexibility index (Phi) is 5.03. The van der Waals surface area contributed by atoms with Gasteiger partial charge in [0, 0.05) is 19.8 Å². The molecule has 2 aliphatic rings. The van der Waals surface area contributed by atoms with Crippen LogP contribution in [0.3, 0.4) is 0 Å². The summed E-state index contributed by atoms with van der Waals surface area (Å²) in [5, 5.41) is 9.32. The molecule has 1 aliphatic carbocycles. The summed E-state index contributed by atoms with van der Waals surface area (Å²) in [5.74, 6) is 1.78. The van der Waals surface area contributed by atoms with E-state index in [1.54, 1.807) is 7.11 Å². The van der Waals surface area contributed by atoms with E-state index < -0.39 is 0 Å². The molecule has 0 amide bonds. The second-order valence-corrected chi connectivity index (χ2v) is 6.16. The van der Waals surface area contributed by atoms with Gasteiger partial charge in [-0.25, -0.2) is 0 Å². The van der Waals surface area contributed by atoms with Gasteiger partial charge < -0.3 is 4.74 Å². The summed E-state index contributed by atoms with van der Waals surface area (Å²) in [5.41, 5.74) is 0. The minimum absolute atomic E-state index is 0.264. The number of likely N-dealkylation sites (tertiary alicyclic amines) is 1. The number of hydrogen-bond acceptors (Lipinski definition) is 3. The number of piperidine rings is 1. The van der Waals surface area contributed by atoms with Gasteiger partial charge in [0.25, 0.3) is 0 Å². The largest absolute Gasteiger partial charge is 0.384 e. The highest BCUT2D eigenvalue weighted by atomic mass is 16.5. The van der Waals surface area contributed by atoms with Crippen molar-refractivity contribution in [2.24, 2.45) is 17.8 Å². The van der Waals surface area contributed by atoms with Crippen molar-refractivity contribution >= 4 is 0 Å². The van der Waals surface area contributed by atoms with Crippen LogP contribution in [0.4, 0.5) is 0 Å². The average molecular weight is 250 g/mol. The molecule has 0 N–H and O–H groups in total. The molecule has 1 saturated heterocycles. The number of ether oxygens (including phenoxy) is 1. The molecule has 3 nitrogen and oxygen atoms in total.